The minimum absolute atomic E-state index is 0.271. The summed E-state index contributed by atoms with van der Waals surface area (Å²) >= 11 is 0. The van der Waals surface area contributed by atoms with Gasteiger partial charge in [-0.25, -0.2) is 4.79 Å². The molecular formula is C11H19N3O3. The molecule has 0 atom stereocenters. The van der Waals surface area contributed by atoms with E-state index in [9.17, 15) is 9.90 Å². The molecule has 0 aliphatic heterocycles. The number of carboxylic acids is 1. The Morgan fingerprint density at radius 2 is 2.24 bits per heavy atom. The van der Waals surface area contributed by atoms with Crippen LogP contribution in [0.4, 0.5) is 5.82 Å². The summed E-state index contributed by atoms with van der Waals surface area (Å²) < 4.78 is 6.58. The van der Waals surface area contributed by atoms with Gasteiger partial charge in [0.2, 0.25) is 0 Å². The molecule has 0 radical (unpaired) electrons. The second-order valence-corrected chi connectivity index (χ2v) is 3.98. The van der Waals surface area contributed by atoms with Gasteiger partial charge < -0.3 is 14.7 Å². The summed E-state index contributed by atoms with van der Waals surface area (Å²) in [7, 11) is 5.26. The van der Waals surface area contributed by atoms with Gasteiger partial charge in [0.1, 0.15) is 11.4 Å². The quantitative estimate of drug-likeness (QED) is 0.749. The van der Waals surface area contributed by atoms with Gasteiger partial charge >= 0.3 is 5.97 Å². The van der Waals surface area contributed by atoms with Gasteiger partial charge in [0, 0.05) is 34.4 Å². The molecule has 1 aromatic rings. The smallest absolute Gasteiger partial charge is 0.341 e. The summed E-state index contributed by atoms with van der Waals surface area (Å²) in [4.78, 5) is 13.1. The van der Waals surface area contributed by atoms with Crippen LogP contribution in [0.25, 0.3) is 0 Å². The minimum Gasteiger partial charge on any atom is -0.477 e. The number of ether oxygens (including phenoxy) is 1. The molecule has 6 nitrogen and oxygen atoms in total. The number of nitrogens with zero attached hydrogens (tertiary/aromatic N) is 3. The molecule has 0 bridgehead atoms. The average Bonchev–Trinajstić information content (AvgIpc) is 2.53. The summed E-state index contributed by atoms with van der Waals surface area (Å²) in [5.74, 6) is -0.310. The molecule has 0 amide bonds. The molecule has 96 valence electrons. The zero-order valence-electron chi connectivity index (χ0n) is 10.7. The number of methoxy groups -OCH3 is 1. The molecule has 0 aliphatic rings. The topological polar surface area (TPSA) is 67.6 Å². The number of carbonyl (C=O) groups is 1. The Kier molecular flexibility index (Phi) is 4.51. The minimum atomic E-state index is -0.941. The first-order valence-electron chi connectivity index (χ1n) is 5.46. The summed E-state index contributed by atoms with van der Waals surface area (Å²) in [5.41, 5.74) is 0.806. The van der Waals surface area contributed by atoms with E-state index in [2.05, 4.69) is 5.10 Å². The van der Waals surface area contributed by atoms with Gasteiger partial charge in [-0.1, -0.05) is 0 Å². The molecule has 1 N–H and O–H groups in total. The average molecular weight is 241 g/mol. The predicted octanol–water partition coefficient (Wildman–Crippen LogP) is 0.899. The highest BCUT2D eigenvalue weighted by Crippen LogP contribution is 2.22. The molecule has 0 unspecified atom stereocenters. The number of anilines is 1. The van der Waals surface area contributed by atoms with Crippen LogP contribution < -0.4 is 4.90 Å². The second-order valence-electron chi connectivity index (χ2n) is 3.98. The second kappa shape index (κ2) is 5.67. The van der Waals surface area contributed by atoms with E-state index in [4.69, 9.17) is 4.74 Å². The molecule has 0 spiro atoms. The van der Waals surface area contributed by atoms with E-state index >= 15 is 0 Å². The Morgan fingerprint density at radius 3 is 2.76 bits per heavy atom. The van der Waals surface area contributed by atoms with E-state index in [0.29, 0.717) is 18.1 Å². The molecule has 1 heterocycles. The lowest BCUT2D eigenvalue weighted by Crippen LogP contribution is -2.24. The fraction of sp³-hybridized carbons (Fsp3) is 0.636. The molecular weight excluding hydrogens is 222 g/mol. The third kappa shape index (κ3) is 2.97. The maximum absolute atomic E-state index is 11.2. The molecule has 0 aliphatic carbocycles. The lowest BCUT2D eigenvalue weighted by Gasteiger charge is -2.19. The van der Waals surface area contributed by atoms with Gasteiger partial charge in [-0.3, -0.25) is 4.68 Å². The molecule has 0 saturated heterocycles. The highest BCUT2D eigenvalue weighted by molar-refractivity contribution is 5.94. The van der Waals surface area contributed by atoms with Crippen LogP contribution in [-0.2, 0) is 11.8 Å². The van der Waals surface area contributed by atoms with E-state index in [1.807, 2.05) is 11.9 Å². The highest BCUT2D eigenvalue weighted by atomic mass is 16.5. The highest BCUT2D eigenvalue weighted by Gasteiger charge is 2.22. The summed E-state index contributed by atoms with van der Waals surface area (Å²) in [5, 5.41) is 13.3. The van der Waals surface area contributed by atoms with Gasteiger partial charge in [0.15, 0.2) is 0 Å². The van der Waals surface area contributed by atoms with Gasteiger partial charge in [-0.2, -0.15) is 5.10 Å². The Labute approximate surface area is 101 Å². The zero-order valence-corrected chi connectivity index (χ0v) is 10.7. The molecule has 0 saturated carbocycles. The van der Waals surface area contributed by atoms with E-state index < -0.39 is 5.97 Å². The molecule has 1 aromatic heterocycles. The largest absolute Gasteiger partial charge is 0.477 e. The van der Waals surface area contributed by atoms with Gasteiger partial charge in [0.05, 0.1) is 5.69 Å². The van der Waals surface area contributed by atoms with E-state index in [1.165, 1.54) is 0 Å². The van der Waals surface area contributed by atoms with Crippen LogP contribution >= 0.6 is 0 Å². The maximum atomic E-state index is 11.2. The van der Waals surface area contributed by atoms with Crippen LogP contribution in [0.15, 0.2) is 0 Å². The van der Waals surface area contributed by atoms with Gasteiger partial charge in [-0.15, -0.1) is 0 Å². The first-order valence-corrected chi connectivity index (χ1v) is 5.46. The van der Waals surface area contributed by atoms with Crippen LogP contribution in [0.2, 0.25) is 0 Å². The molecule has 0 fully saturated rings. The van der Waals surface area contributed by atoms with Crippen molar-refractivity contribution in [3.05, 3.63) is 11.3 Å². The summed E-state index contributed by atoms with van der Waals surface area (Å²) in [6, 6.07) is 0. The van der Waals surface area contributed by atoms with Crippen LogP contribution in [-0.4, -0.2) is 48.2 Å². The first kappa shape index (κ1) is 13.5. The van der Waals surface area contributed by atoms with E-state index in [1.54, 1.807) is 25.8 Å². The molecule has 6 heteroatoms. The Bertz CT molecular complexity index is 401. The number of carboxylic acid groups (broad SMARTS) is 1. The Hall–Kier alpha value is -1.56. The molecule has 17 heavy (non-hydrogen) atoms. The van der Waals surface area contributed by atoms with Crippen LogP contribution in [0.1, 0.15) is 22.5 Å². The van der Waals surface area contributed by atoms with Crippen molar-refractivity contribution >= 4 is 11.8 Å². The van der Waals surface area contributed by atoms with Crippen molar-refractivity contribution in [2.75, 3.05) is 32.2 Å². The number of rotatable bonds is 6. The van der Waals surface area contributed by atoms with Gasteiger partial charge in [0.25, 0.3) is 0 Å². The maximum Gasteiger partial charge on any atom is 0.341 e. The number of aryl methyl sites for hydroxylation is 2. The van der Waals surface area contributed by atoms with Crippen molar-refractivity contribution in [2.24, 2.45) is 7.05 Å². The Balaban J connectivity index is 2.92. The van der Waals surface area contributed by atoms with Gasteiger partial charge in [-0.05, 0) is 13.3 Å². The Morgan fingerprint density at radius 1 is 1.59 bits per heavy atom. The number of aromatic nitrogens is 2. The van der Waals surface area contributed by atoms with Crippen LogP contribution in [0, 0.1) is 6.92 Å². The molecule has 1 rings (SSSR count). The fourth-order valence-corrected chi connectivity index (χ4v) is 1.89. The summed E-state index contributed by atoms with van der Waals surface area (Å²) in [6.45, 7) is 3.09. The van der Waals surface area contributed by atoms with E-state index in [0.717, 1.165) is 13.0 Å². The number of hydrogen-bond donors (Lipinski definition) is 1. The zero-order chi connectivity index (χ0) is 13.0. The van der Waals surface area contributed by atoms with E-state index in [-0.39, 0.29) is 5.56 Å². The third-order valence-electron chi connectivity index (χ3n) is 2.61. The molecule has 0 aromatic carbocycles. The van der Waals surface area contributed by atoms with Crippen molar-refractivity contribution in [3.8, 4) is 0 Å². The van der Waals surface area contributed by atoms with Crippen LogP contribution in [0.5, 0.6) is 0 Å². The third-order valence-corrected chi connectivity index (χ3v) is 2.61. The number of hydrogen-bond acceptors (Lipinski definition) is 4. The fourth-order valence-electron chi connectivity index (χ4n) is 1.89. The van der Waals surface area contributed by atoms with Crippen LogP contribution in [0.3, 0.4) is 0 Å². The number of aromatic carboxylic acids is 1. The lowest BCUT2D eigenvalue weighted by atomic mass is 10.2. The normalized spacial score (nSPS) is 10.6. The van der Waals surface area contributed by atoms with Crippen molar-refractivity contribution < 1.29 is 14.6 Å². The van der Waals surface area contributed by atoms with Crippen molar-refractivity contribution in [1.29, 1.82) is 0 Å². The predicted molar refractivity (Wildman–Crippen MR) is 64.7 cm³/mol. The summed E-state index contributed by atoms with van der Waals surface area (Å²) in [6.07, 6.45) is 0.844. The first-order chi connectivity index (χ1) is 7.99. The monoisotopic (exact) mass is 241 g/mol. The van der Waals surface area contributed by atoms with Crippen molar-refractivity contribution in [3.63, 3.8) is 0 Å². The van der Waals surface area contributed by atoms with Crippen molar-refractivity contribution in [1.82, 2.24) is 9.78 Å². The standard InChI is InChI=1S/C11H19N3O3/c1-8-9(11(15)16)10(14(3)12-8)13(2)6-5-7-17-4/h5-7H2,1-4H3,(H,15,16). The SMILES string of the molecule is COCCCN(C)c1c(C(=O)O)c(C)nn1C. The van der Waals surface area contributed by atoms with Crippen molar-refractivity contribution in [2.45, 2.75) is 13.3 Å². The lowest BCUT2D eigenvalue weighted by molar-refractivity contribution is 0.0696.